The number of hydrogen-bond acceptors (Lipinski definition) is 5. The summed E-state index contributed by atoms with van der Waals surface area (Å²) in [5, 5.41) is 18.0. The van der Waals surface area contributed by atoms with Crippen molar-refractivity contribution in [3.05, 3.63) is 66.4 Å². The number of carbonyl (C=O) groups is 1. The molecule has 8 heteroatoms. The molecule has 0 aliphatic heterocycles. The maximum absolute atomic E-state index is 12.2. The maximum atomic E-state index is 12.2. The molecule has 2 N–H and O–H groups in total. The van der Waals surface area contributed by atoms with Crippen molar-refractivity contribution in [2.24, 2.45) is 0 Å². The molecule has 0 radical (unpaired) electrons. The van der Waals surface area contributed by atoms with Crippen LogP contribution in [-0.2, 0) is 6.42 Å². The van der Waals surface area contributed by atoms with Crippen molar-refractivity contribution in [2.75, 3.05) is 6.54 Å². The lowest BCUT2D eigenvalue weighted by Gasteiger charge is -2.02. The SMILES string of the molecule is O=C(NCCc1nnc2ccccn12)c1cc(-c2ccccn2)n[nH]1. The smallest absolute Gasteiger partial charge is 0.269 e. The molecule has 1 amide bonds. The Morgan fingerprint density at radius 2 is 2.04 bits per heavy atom. The number of fused-ring (bicyclic) bond motifs is 1. The van der Waals surface area contributed by atoms with Gasteiger partial charge in [-0.15, -0.1) is 10.2 Å². The van der Waals surface area contributed by atoms with Crippen LogP contribution in [-0.4, -0.2) is 42.2 Å². The molecule has 4 aromatic rings. The minimum Gasteiger partial charge on any atom is -0.350 e. The summed E-state index contributed by atoms with van der Waals surface area (Å²) in [6.07, 6.45) is 4.17. The van der Waals surface area contributed by atoms with Crippen LogP contribution in [0.2, 0.25) is 0 Å². The van der Waals surface area contributed by atoms with Gasteiger partial charge in [0.1, 0.15) is 17.2 Å². The van der Waals surface area contributed by atoms with Gasteiger partial charge in [0.15, 0.2) is 5.65 Å². The zero-order valence-electron chi connectivity index (χ0n) is 13.3. The van der Waals surface area contributed by atoms with Crippen LogP contribution in [0.1, 0.15) is 16.3 Å². The second-order valence-corrected chi connectivity index (χ2v) is 5.43. The molecule has 0 aliphatic carbocycles. The highest BCUT2D eigenvalue weighted by molar-refractivity contribution is 5.93. The first kappa shape index (κ1) is 15.0. The highest BCUT2D eigenvalue weighted by Crippen LogP contribution is 2.14. The van der Waals surface area contributed by atoms with Crippen molar-refractivity contribution in [3.8, 4) is 11.4 Å². The number of carbonyl (C=O) groups excluding carboxylic acids is 1. The van der Waals surface area contributed by atoms with Gasteiger partial charge in [0.05, 0.1) is 5.69 Å². The zero-order valence-corrected chi connectivity index (χ0v) is 13.3. The Balaban J connectivity index is 1.39. The molecular formula is C17H15N7O. The van der Waals surface area contributed by atoms with Gasteiger partial charge < -0.3 is 5.32 Å². The number of nitrogens with zero attached hydrogens (tertiary/aromatic N) is 5. The van der Waals surface area contributed by atoms with E-state index in [-0.39, 0.29) is 5.91 Å². The third-order valence-electron chi connectivity index (χ3n) is 3.77. The van der Waals surface area contributed by atoms with Crippen LogP contribution in [0.3, 0.4) is 0 Å². The number of amides is 1. The van der Waals surface area contributed by atoms with E-state index in [1.54, 1.807) is 12.3 Å². The van der Waals surface area contributed by atoms with E-state index in [0.29, 0.717) is 30.0 Å². The average Bonchev–Trinajstić information content (AvgIpc) is 3.30. The van der Waals surface area contributed by atoms with Gasteiger partial charge in [0.2, 0.25) is 0 Å². The van der Waals surface area contributed by atoms with Gasteiger partial charge in [0, 0.05) is 25.4 Å². The molecule has 25 heavy (non-hydrogen) atoms. The van der Waals surface area contributed by atoms with E-state index >= 15 is 0 Å². The predicted octanol–water partition coefficient (Wildman–Crippen LogP) is 1.49. The standard InChI is InChI=1S/C17H15N7O/c25-17(14-11-13(20-21-14)12-5-1-3-8-18-12)19-9-7-16-23-22-15-6-2-4-10-24(15)16/h1-6,8,10-11H,7,9H2,(H,19,25)(H,20,21). The molecule has 4 aromatic heterocycles. The van der Waals surface area contributed by atoms with Gasteiger partial charge in [-0.1, -0.05) is 12.1 Å². The topological polar surface area (TPSA) is 101 Å². The van der Waals surface area contributed by atoms with E-state index in [9.17, 15) is 4.79 Å². The molecule has 0 aromatic carbocycles. The van der Waals surface area contributed by atoms with Crippen molar-refractivity contribution in [2.45, 2.75) is 6.42 Å². The van der Waals surface area contributed by atoms with Crippen LogP contribution in [0.15, 0.2) is 54.9 Å². The summed E-state index contributed by atoms with van der Waals surface area (Å²) in [6.45, 7) is 0.451. The fraction of sp³-hybridized carbons (Fsp3) is 0.118. The number of pyridine rings is 2. The van der Waals surface area contributed by atoms with Crippen LogP contribution in [0, 0.1) is 0 Å². The lowest BCUT2D eigenvalue weighted by atomic mass is 10.2. The van der Waals surface area contributed by atoms with Gasteiger partial charge in [0.25, 0.3) is 5.91 Å². The second-order valence-electron chi connectivity index (χ2n) is 5.43. The number of aromatic nitrogens is 6. The highest BCUT2D eigenvalue weighted by Gasteiger charge is 2.12. The normalized spacial score (nSPS) is 10.9. The third kappa shape index (κ3) is 3.09. The van der Waals surface area contributed by atoms with E-state index in [4.69, 9.17) is 0 Å². The Morgan fingerprint density at radius 3 is 2.92 bits per heavy atom. The van der Waals surface area contributed by atoms with Gasteiger partial charge in [-0.3, -0.25) is 19.3 Å². The summed E-state index contributed by atoms with van der Waals surface area (Å²) in [6, 6.07) is 12.9. The molecule has 8 nitrogen and oxygen atoms in total. The summed E-state index contributed by atoms with van der Waals surface area (Å²) in [5.74, 6) is 0.582. The summed E-state index contributed by atoms with van der Waals surface area (Å²) in [4.78, 5) is 16.5. The van der Waals surface area contributed by atoms with E-state index in [0.717, 1.165) is 11.5 Å². The Bertz CT molecular complexity index is 1010. The monoisotopic (exact) mass is 333 g/mol. The predicted molar refractivity (Wildman–Crippen MR) is 90.8 cm³/mol. The fourth-order valence-electron chi connectivity index (χ4n) is 2.53. The summed E-state index contributed by atoms with van der Waals surface area (Å²) >= 11 is 0. The molecule has 0 fully saturated rings. The summed E-state index contributed by atoms with van der Waals surface area (Å²) in [5.41, 5.74) is 2.53. The quantitative estimate of drug-likeness (QED) is 0.576. The van der Waals surface area contributed by atoms with Gasteiger partial charge in [-0.05, 0) is 30.3 Å². The van der Waals surface area contributed by atoms with Gasteiger partial charge in [-0.2, -0.15) is 5.10 Å². The number of nitrogens with one attached hydrogen (secondary N) is 2. The Labute approximate surface area is 142 Å². The molecular weight excluding hydrogens is 318 g/mol. The van der Waals surface area contributed by atoms with Crippen molar-refractivity contribution in [1.29, 1.82) is 0 Å². The molecule has 0 saturated carbocycles. The highest BCUT2D eigenvalue weighted by atomic mass is 16.1. The van der Waals surface area contributed by atoms with Crippen molar-refractivity contribution >= 4 is 11.6 Å². The van der Waals surface area contributed by atoms with E-state index < -0.39 is 0 Å². The second kappa shape index (κ2) is 6.52. The van der Waals surface area contributed by atoms with E-state index in [1.807, 2.05) is 47.0 Å². The molecule has 0 spiro atoms. The van der Waals surface area contributed by atoms with Crippen LogP contribution >= 0.6 is 0 Å². The molecule has 0 bridgehead atoms. The molecule has 4 heterocycles. The molecule has 0 unspecified atom stereocenters. The Hall–Kier alpha value is -3.55. The number of H-pyrrole nitrogens is 1. The van der Waals surface area contributed by atoms with Gasteiger partial charge in [-0.25, -0.2) is 0 Å². The van der Waals surface area contributed by atoms with Crippen molar-refractivity contribution < 1.29 is 4.79 Å². The molecule has 0 aliphatic rings. The van der Waals surface area contributed by atoms with Crippen LogP contribution in [0.4, 0.5) is 0 Å². The first-order valence-corrected chi connectivity index (χ1v) is 7.85. The number of hydrogen-bond donors (Lipinski definition) is 2. The first-order chi connectivity index (χ1) is 12.3. The zero-order chi connectivity index (χ0) is 17.1. The van der Waals surface area contributed by atoms with Crippen LogP contribution in [0.25, 0.3) is 17.0 Å². The molecule has 4 rings (SSSR count). The summed E-state index contributed by atoms with van der Waals surface area (Å²) < 4.78 is 1.90. The number of aromatic amines is 1. The van der Waals surface area contributed by atoms with E-state index in [2.05, 4.69) is 30.7 Å². The average molecular weight is 333 g/mol. The van der Waals surface area contributed by atoms with Gasteiger partial charge >= 0.3 is 0 Å². The van der Waals surface area contributed by atoms with E-state index in [1.165, 1.54) is 0 Å². The first-order valence-electron chi connectivity index (χ1n) is 7.85. The molecule has 124 valence electrons. The van der Waals surface area contributed by atoms with Crippen molar-refractivity contribution in [1.82, 2.24) is 35.1 Å². The Morgan fingerprint density at radius 1 is 1.12 bits per heavy atom. The van der Waals surface area contributed by atoms with Crippen molar-refractivity contribution in [3.63, 3.8) is 0 Å². The minimum absolute atomic E-state index is 0.219. The molecule has 0 atom stereocenters. The lowest BCUT2D eigenvalue weighted by Crippen LogP contribution is -2.26. The maximum Gasteiger partial charge on any atom is 0.269 e. The Kier molecular flexibility index (Phi) is 3.91. The number of rotatable bonds is 5. The van der Waals surface area contributed by atoms with Crippen LogP contribution in [0.5, 0.6) is 0 Å². The van der Waals surface area contributed by atoms with Crippen LogP contribution < -0.4 is 5.32 Å². The lowest BCUT2D eigenvalue weighted by molar-refractivity contribution is 0.0949. The molecule has 0 saturated heterocycles. The summed E-state index contributed by atoms with van der Waals surface area (Å²) in [7, 11) is 0. The fourth-order valence-corrected chi connectivity index (χ4v) is 2.53. The minimum atomic E-state index is -0.219. The largest absolute Gasteiger partial charge is 0.350 e. The third-order valence-corrected chi connectivity index (χ3v) is 3.77.